The zero-order valence-electron chi connectivity index (χ0n) is 12.5. The summed E-state index contributed by atoms with van der Waals surface area (Å²) in [6.45, 7) is 0. The van der Waals surface area contributed by atoms with Crippen molar-refractivity contribution in [2.75, 3.05) is 0 Å². The zero-order valence-corrected chi connectivity index (χ0v) is 18.0. The van der Waals surface area contributed by atoms with E-state index in [0.717, 1.165) is 29.7 Å². The van der Waals surface area contributed by atoms with E-state index in [1.54, 1.807) is 23.5 Å². The van der Waals surface area contributed by atoms with Gasteiger partial charge in [0.05, 0.1) is 5.02 Å². The fourth-order valence-electron chi connectivity index (χ4n) is 2.89. The number of rotatable bonds is 1. The van der Waals surface area contributed by atoms with E-state index in [-0.39, 0.29) is 62.0 Å². The fraction of sp³-hybridized carbons (Fsp3) is 0.267. The van der Waals surface area contributed by atoms with Crippen LogP contribution in [0.25, 0.3) is 16.0 Å². The van der Waals surface area contributed by atoms with E-state index in [1.165, 1.54) is 22.1 Å². The molecule has 3 aromatic heterocycles. The summed E-state index contributed by atoms with van der Waals surface area (Å²) in [5, 5.41) is 14.2. The Kier molecular flexibility index (Phi) is 5.59. The third kappa shape index (κ3) is 3.18. The van der Waals surface area contributed by atoms with Crippen LogP contribution >= 0.6 is 35.2 Å². The van der Waals surface area contributed by atoms with Crippen LogP contribution < -0.4 is 56.5 Å². The van der Waals surface area contributed by atoms with Crippen molar-refractivity contribution >= 4 is 45.4 Å². The minimum atomic E-state index is -0.121. The third-order valence-corrected chi connectivity index (χ3v) is 5.58. The molecule has 0 unspecified atom stereocenters. The van der Waals surface area contributed by atoms with E-state index in [4.69, 9.17) is 23.8 Å². The summed E-state index contributed by atoms with van der Waals surface area (Å²) in [6.07, 6.45) is 5.77. The monoisotopic (exact) mass is 387 g/mol. The standard InChI is InChI=1S/C15H12ClN3OS2.K/c16-8-5-6-11(17-7-8)19-14(20)12-9-3-1-2-4-10(9)22-13(12)18-15(19)21;/h5-7,20H,1-4H2;/q;+1/p-1. The molecule has 8 heteroatoms. The fourth-order valence-corrected chi connectivity index (χ4v) is 4.58. The summed E-state index contributed by atoms with van der Waals surface area (Å²) in [4.78, 5) is 10.7. The van der Waals surface area contributed by atoms with Gasteiger partial charge in [-0.3, -0.25) is 4.57 Å². The molecular weight excluding hydrogens is 377 g/mol. The van der Waals surface area contributed by atoms with Gasteiger partial charge in [0.1, 0.15) is 10.6 Å². The maximum absolute atomic E-state index is 13.0. The van der Waals surface area contributed by atoms with E-state index in [0.29, 0.717) is 16.2 Å². The number of fused-ring (bicyclic) bond motifs is 3. The summed E-state index contributed by atoms with van der Waals surface area (Å²) in [5.41, 5.74) is 1.15. The normalized spacial score (nSPS) is 13.6. The molecule has 0 spiro atoms. The van der Waals surface area contributed by atoms with Crippen LogP contribution in [0.15, 0.2) is 18.3 Å². The molecule has 4 nitrogen and oxygen atoms in total. The first-order valence-corrected chi connectivity index (χ1v) is 8.61. The van der Waals surface area contributed by atoms with Gasteiger partial charge in [-0.2, -0.15) is 0 Å². The van der Waals surface area contributed by atoms with Crippen LogP contribution in [-0.4, -0.2) is 14.5 Å². The first kappa shape index (κ1) is 17.9. The molecule has 0 bridgehead atoms. The minimum Gasteiger partial charge on any atom is -0.859 e. The smallest absolute Gasteiger partial charge is 0.859 e. The van der Waals surface area contributed by atoms with Gasteiger partial charge in [-0.1, -0.05) is 11.6 Å². The van der Waals surface area contributed by atoms with Gasteiger partial charge in [-0.15, -0.1) is 11.3 Å². The maximum Gasteiger partial charge on any atom is 1.00 e. The average molecular weight is 388 g/mol. The predicted octanol–water partition coefficient (Wildman–Crippen LogP) is 0.821. The molecule has 0 aromatic carbocycles. The van der Waals surface area contributed by atoms with Crippen molar-refractivity contribution in [1.82, 2.24) is 14.5 Å². The topological polar surface area (TPSA) is 53.8 Å². The van der Waals surface area contributed by atoms with Crippen molar-refractivity contribution in [3.05, 3.63) is 38.6 Å². The van der Waals surface area contributed by atoms with Gasteiger partial charge in [0.2, 0.25) is 4.77 Å². The number of hydrogen-bond acceptors (Lipinski definition) is 5. The molecule has 0 amide bonds. The zero-order chi connectivity index (χ0) is 15.3. The first-order chi connectivity index (χ1) is 10.6. The molecule has 0 fully saturated rings. The average Bonchev–Trinajstić information content (AvgIpc) is 2.87. The summed E-state index contributed by atoms with van der Waals surface area (Å²) in [6, 6.07) is 3.38. The Bertz CT molecular complexity index is 937. The molecule has 0 saturated heterocycles. The Hall–Kier alpha value is 0.136. The molecule has 112 valence electrons. The largest absolute Gasteiger partial charge is 1.00 e. The van der Waals surface area contributed by atoms with Crippen molar-refractivity contribution in [3.63, 3.8) is 0 Å². The van der Waals surface area contributed by atoms with Gasteiger partial charge in [-0.05, 0) is 61.5 Å². The van der Waals surface area contributed by atoms with Crippen molar-refractivity contribution in [2.45, 2.75) is 25.7 Å². The second-order valence-electron chi connectivity index (χ2n) is 5.26. The van der Waals surface area contributed by atoms with Gasteiger partial charge >= 0.3 is 51.4 Å². The van der Waals surface area contributed by atoms with Crippen LogP contribution in [0.3, 0.4) is 0 Å². The van der Waals surface area contributed by atoms with Gasteiger partial charge < -0.3 is 5.11 Å². The Labute approximate surface area is 190 Å². The third-order valence-electron chi connectivity index (χ3n) is 3.90. The molecule has 3 heterocycles. The number of aryl methyl sites for hydroxylation is 2. The molecule has 0 saturated carbocycles. The minimum absolute atomic E-state index is 0. The van der Waals surface area contributed by atoms with Gasteiger partial charge in [0.15, 0.2) is 0 Å². The van der Waals surface area contributed by atoms with Gasteiger partial charge in [0.25, 0.3) is 0 Å². The second kappa shape index (κ2) is 7.17. The summed E-state index contributed by atoms with van der Waals surface area (Å²) in [5.74, 6) is 0.341. The van der Waals surface area contributed by atoms with Gasteiger partial charge in [-0.25, -0.2) is 9.97 Å². The molecule has 1 aliphatic rings. The molecule has 0 N–H and O–H groups in total. The van der Waals surface area contributed by atoms with Gasteiger partial charge in [0, 0.05) is 16.5 Å². The van der Waals surface area contributed by atoms with Crippen LogP contribution in [0.2, 0.25) is 5.02 Å². The van der Waals surface area contributed by atoms with Crippen LogP contribution in [0.1, 0.15) is 23.3 Å². The quantitative estimate of drug-likeness (QED) is 0.458. The number of aromatic nitrogens is 3. The van der Waals surface area contributed by atoms with Crippen LogP contribution in [0, 0.1) is 4.77 Å². The van der Waals surface area contributed by atoms with Crippen molar-refractivity contribution < 1.29 is 56.5 Å². The Morgan fingerprint density at radius 1 is 1.26 bits per heavy atom. The maximum atomic E-state index is 13.0. The predicted molar refractivity (Wildman–Crippen MR) is 88.7 cm³/mol. The number of thiophene rings is 1. The van der Waals surface area contributed by atoms with Crippen molar-refractivity contribution in [2.24, 2.45) is 0 Å². The Morgan fingerprint density at radius 3 is 2.78 bits per heavy atom. The molecular formula is C15H11ClKN3OS2. The van der Waals surface area contributed by atoms with Crippen LogP contribution in [0.5, 0.6) is 5.88 Å². The molecule has 4 rings (SSSR count). The number of pyridine rings is 1. The van der Waals surface area contributed by atoms with Crippen LogP contribution in [-0.2, 0) is 12.8 Å². The van der Waals surface area contributed by atoms with E-state index >= 15 is 0 Å². The summed E-state index contributed by atoms with van der Waals surface area (Å²) >= 11 is 12.8. The number of hydrogen-bond donors (Lipinski definition) is 0. The molecule has 23 heavy (non-hydrogen) atoms. The van der Waals surface area contributed by atoms with E-state index in [1.807, 2.05) is 0 Å². The molecule has 0 radical (unpaired) electrons. The molecule has 0 aliphatic heterocycles. The number of nitrogens with zero attached hydrogens (tertiary/aromatic N) is 3. The van der Waals surface area contributed by atoms with E-state index in [2.05, 4.69) is 9.97 Å². The van der Waals surface area contributed by atoms with Crippen molar-refractivity contribution in [1.29, 1.82) is 0 Å². The molecule has 0 atom stereocenters. The Balaban J connectivity index is 0.00000156. The van der Waals surface area contributed by atoms with Crippen molar-refractivity contribution in [3.8, 4) is 11.7 Å². The van der Waals surface area contributed by atoms with E-state index < -0.39 is 0 Å². The SMILES string of the molecule is [K+].[O-]c1c2c3c(sc2nc(=S)n1-c1ccc(Cl)cn1)CCCC3. The second-order valence-corrected chi connectivity index (χ2v) is 7.15. The summed E-state index contributed by atoms with van der Waals surface area (Å²) in [7, 11) is 0. The number of halogens is 1. The van der Waals surface area contributed by atoms with Crippen LogP contribution in [0.4, 0.5) is 0 Å². The first-order valence-electron chi connectivity index (χ1n) is 7.01. The molecule has 1 aliphatic carbocycles. The molecule has 3 aromatic rings. The summed E-state index contributed by atoms with van der Waals surface area (Å²) < 4.78 is 1.64. The Morgan fingerprint density at radius 2 is 2.04 bits per heavy atom. The van der Waals surface area contributed by atoms with E-state index in [9.17, 15) is 5.11 Å².